The fourth-order valence-electron chi connectivity index (χ4n) is 3.18. The maximum Gasteiger partial charge on any atom is 0.312 e. The number of benzene rings is 1. The van der Waals surface area contributed by atoms with Crippen LogP contribution in [0.3, 0.4) is 0 Å². The predicted octanol–water partition coefficient (Wildman–Crippen LogP) is 0.906. The number of amides is 3. The summed E-state index contributed by atoms with van der Waals surface area (Å²) in [4.78, 5) is 43.0. The Bertz CT molecular complexity index is 819. The fourth-order valence-corrected chi connectivity index (χ4v) is 3.18. The van der Waals surface area contributed by atoms with Crippen molar-refractivity contribution in [1.29, 1.82) is 0 Å². The van der Waals surface area contributed by atoms with Crippen LogP contribution in [-0.4, -0.2) is 64.7 Å². The zero-order chi connectivity index (χ0) is 18.7. The van der Waals surface area contributed by atoms with E-state index in [2.05, 4.69) is 10.3 Å². The van der Waals surface area contributed by atoms with Crippen molar-refractivity contribution in [1.82, 2.24) is 20.1 Å². The van der Waals surface area contributed by atoms with Crippen LogP contribution in [0, 0.1) is 0 Å². The highest BCUT2D eigenvalue weighted by molar-refractivity contribution is 6.35. The van der Waals surface area contributed by atoms with Crippen LogP contribution in [0.15, 0.2) is 30.5 Å². The molecule has 1 aliphatic rings. The van der Waals surface area contributed by atoms with Crippen molar-refractivity contribution in [3.05, 3.63) is 36.0 Å². The average Bonchev–Trinajstić information content (AvgIpc) is 3.03. The summed E-state index contributed by atoms with van der Waals surface area (Å²) < 4.78 is 0. The molecule has 1 fully saturated rings. The molecule has 3 amide bonds. The quantitative estimate of drug-likeness (QED) is 0.802. The van der Waals surface area contributed by atoms with Gasteiger partial charge >= 0.3 is 11.8 Å². The van der Waals surface area contributed by atoms with Crippen LogP contribution in [0.25, 0.3) is 10.9 Å². The zero-order valence-corrected chi connectivity index (χ0v) is 15.1. The van der Waals surface area contributed by atoms with Crippen LogP contribution in [0.2, 0.25) is 0 Å². The third kappa shape index (κ3) is 3.87. The second-order valence-corrected chi connectivity index (χ2v) is 6.84. The number of para-hydroxylation sites is 1. The molecular weight excluding hydrogens is 332 g/mol. The van der Waals surface area contributed by atoms with E-state index in [0.29, 0.717) is 32.6 Å². The van der Waals surface area contributed by atoms with Gasteiger partial charge < -0.3 is 20.1 Å². The number of hydrogen-bond acceptors (Lipinski definition) is 3. The first-order chi connectivity index (χ1) is 12.5. The third-order valence-electron chi connectivity index (χ3n) is 4.55. The molecular formula is C19H24N4O3. The number of nitrogens with zero attached hydrogens (tertiary/aromatic N) is 2. The van der Waals surface area contributed by atoms with E-state index >= 15 is 0 Å². The number of aromatic amines is 1. The summed E-state index contributed by atoms with van der Waals surface area (Å²) in [6.07, 6.45) is 2.20. The molecule has 2 heterocycles. The Morgan fingerprint density at radius 2 is 1.73 bits per heavy atom. The maximum absolute atomic E-state index is 12.6. The third-order valence-corrected chi connectivity index (χ3v) is 4.55. The molecule has 138 valence electrons. The Hall–Kier alpha value is -2.83. The Labute approximate surface area is 152 Å². The van der Waals surface area contributed by atoms with Crippen molar-refractivity contribution < 1.29 is 14.4 Å². The van der Waals surface area contributed by atoms with E-state index in [1.165, 1.54) is 4.90 Å². The van der Waals surface area contributed by atoms with Gasteiger partial charge in [0.15, 0.2) is 0 Å². The molecule has 26 heavy (non-hydrogen) atoms. The Morgan fingerprint density at radius 1 is 1.08 bits per heavy atom. The molecule has 2 aromatic rings. The normalized spacial score (nSPS) is 14.7. The van der Waals surface area contributed by atoms with Gasteiger partial charge in [-0.3, -0.25) is 14.4 Å². The summed E-state index contributed by atoms with van der Waals surface area (Å²) in [5.74, 6) is -1.07. The number of H-pyrrole nitrogens is 1. The lowest BCUT2D eigenvalue weighted by atomic mass is 10.1. The van der Waals surface area contributed by atoms with Crippen molar-refractivity contribution in [2.75, 3.05) is 26.2 Å². The summed E-state index contributed by atoms with van der Waals surface area (Å²) in [6.45, 7) is 5.27. The van der Waals surface area contributed by atoms with E-state index < -0.39 is 11.8 Å². The number of carbonyl (C=O) groups is 3. The van der Waals surface area contributed by atoms with Crippen LogP contribution in [0.4, 0.5) is 0 Å². The molecule has 0 radical (unpaired) electrons. The molecule has 7 heteroatoms. The van der Waals surface area contributed by atoms with Crippen molar-refractivity contribution in [3.63, 3.8) is 0 Å². The van der Waals surface area contributed by atoms with Gasteiger partial charge in [0.2, 0.25) is 5.91 Å². The van der Waals surface area contributed by atoms with Gasteiger partial charge in [-0.15, -0.1) is 0 Å². The van der Waals surface area contributed by atoms with Gasteiger partial charge in [-0.2, -0.15) is 0 Å². The van der Waals surface area contributed by atoms with Crippen molar-refractivity contribution in [2.45, 2.75) is 26.3 Å². The highest BCUT2D eigenvalue weighted by atomic mass is 16.2. The number of hydrogen-bond donors (Lipinski definition) is 2. The number of rotatable bonds is 3. The van der Waals surface area contributed by atoms with E-state index in [1.54, 1.807) is 4.90 Å². The van der Waals surface area contributed by atoms with Crippen LogP contribution >= 0.6 is 0 Å². The second-order valence-electron chi connectivity index (χ2n) is 6.84. The van der Waals surface area contributed by atoms with Gasteiger partial charge in [-0.1, -0.05) is 18.2 Å². The fraction of sp³-hybridized carbons (Fsp3) is 0.421. The number of carbonyl (C=O) groups excluding carboxylic acids is 3. The SMILES string of the molecule is CC(C)NC(=O)C(=O)N1CCN(C(=O)Cc2c[nH]c3ccccc23)CC1. The van der Waals surface area contributed by atoms with Gasteiger partial charge in [0.05, 0.1) is 6.42 Å². The Balaban J connectivity index is 1.55. The van der Waals surface area contributed by atoms with Gasteiger partial charge in [0, 0.05) is 49.3 Å². The van der Waals surface area contributed by atoms with E-state index in [1.807, 2.05) is 44.3 Å². The molecule has 3 rings (SSSR count). The largest absolute Gasteiger partial charge is 0.361 e. The van der Waals surface area contributed by atoms with Crippen molar-refractivity contribution in [3.8, 4) is 0 Å². The summed E-state index contributed by atoms with van der Waals surface area (Å²) in [5, 5.41) is 3.66. The molecule has 7 nitrogen and oxygen atoms in total. The lowest BCUT2D eigenvalue weighted by molar-refractivity contribution is -0.148. The molecule has 0 spiro atoms. The molecule has 1 aliphatic heterocycles. The first kappa shape index (κ1) is 18.0. The monoisotopic (exact) mass is 356 g/mol. The highest BCUT2D eigenvalue weighted by Gasteiger charge is 2.28. The first-order valence-corrected chi connectivity index (χ1v) is 8.88. The molecule has 0 unspecified atom stereocenters. The predicted molar refractivity (Wildman–Crippen MR) is 98.4 cm³/mol. The van der Waals surface area contributed by atoms with E-state index in [9.17, 15) is 14.4 Å². The molecule has 1 aromatic heterocycles. The van der Waals surface area contributed by atoms with E-state index in [0.717, 1.165) is 16.5 Å². The van der Waals surface area contributed by atoms with Gasteiger partial charge in [0.1, 0.15) is 0 Å². The summed E-state index contributed by atoms with van der Waals surface area (Å²) in [5.41, 5.74) is 1.99. The standard InChI is InChI=1S/C19H24N4O3/c1-13(2)21-18(25)19(26)23-9-7-22(8-10-23)17(24)11-14-12-20-16-6-4-3-5-15(14)16/h3-6,12-13,20H,7-11H2,1-2H3,(H,21,25). The lowest BCUT2D eigenvalue weighted by Gasteiger charge is -2.34. The smallest absolute Gasteiger partial charge is 0.312 e. The summed E-state index contributed by atoms with van der Waals surface area (Å²) in [7, 11) is 0. The zero-order valence-electron chi connectivity index (χ0n) is 15.1. The molecule has 0 aliphatic carbocycles. The van der Waals surface area contributed by atoms with Crippen LogP contribution in [0.1, 0.15) is 19.4 Å². The minimum atomic E-state index is -0.585. The van der Waals surface area contributed by atoms with Gasteiger partial charge in [-0.05, 0) is 25.5 Å². The van der Waals surface area contributed by atoms with Crippen molar-refractivity contribution >= 4 is 28.6 Å². The molecule has 2 N–H and O–H groups in total. The topological polar surface area (TPSA) is 85.5 Å². The number of fused-ring (bicyclic) bond motifs is 1. The lowest BCUT2D eigenvalue weighted by Crippen LogP contribution is -2.54. The Morgan fingerprint density at radius 3 is 2.42 bits per heavy atom. The van der Waals surface area contributed by atoms with Crippen LogP contribution in [-0.2, 0) is 20.8 Å². The molecule has 0 atom stereocenters. The number of aromatic nitrogens is 1. The summed E-state index contributed by atoms with van der Waals surface area (Å²) >= 11 is 0. The van der Waals surface area contributed by atoms with Crippen molar-refractivity contribution in [2.24, 2.45) is 0 Å². The molecule has 1 aromatic carbocycles. The average molecular weight is 356 g/mol. The summed E-state index contributed by atoms with van der Waals surface area (Å²) in [6, 6.07) is 7.81. The van der Waals surface area contributed by atoms with Crippen LogP contribution < -0.4 is 5.32 Å². The van der Waals surface area contributed by atoms with E-state index in [4.69, 9.17) is 0 Å². The second kappa shape index (κ2) is 7.59. The number of nitrogens with one attached hydrogen (secondary N) is 2. The van der Waals surface area contributed by atoms with Gasteiger partial charge in [-0.25, -0.2) is 0 Å². The first-order valence-electron chi connectivity index (χ1n) is 8.88. The minimum Gasteiger partial charge on any atom is -0.361 e. The highest BCUT2D eigenvalue weighted by Crippen LogP contribution is 2.19. The molecule has 1 saturated heterocycles. The maximum atomic E-state index is 12.6. The van der Waals surface area contributed by atoms with E-state index in [-0.39, 0.29) is 11.9 Å². The van der Waals surface area contributed by atoms with Crippen LogP contribution in [0.5, 0.6) is 0 Å². The minimum absolute atomic E-state index is 0.0356. The van der Waals surface area contributed by atoms with Gasteiger partial charge in [0.25, 0.3) is 0 Å². The molecule has 0 saturated carbocycles. The molecule has 0 bridgehead atoms. The number of piperazine rings is 1. The Kier molecular flexibility index (Phi) is 5.25.